The van der Waals surface area contributed by atoms with E-state index in [0.717, 1.165) is 18.4 Å². The molecular formula is C15H24O2. The van der Waals surface area contributed by atoms with Crippen molar-refractivity contribution < 1.29 is 9.53 Å². The molecule has 0 aromatic carbocycles. The second-order valence-electron chi connectivity index (χ2n) is 5.75. The third-order valence-corrected chi connectivity index (χ3v) is 4.16. The van der Waals surface area contributed by atoms with Crippen molar-refractivity contribution in [1.29, 1.82) is 0 Å². The molecule has 2 heteroatoms. The zero-order valence-electron chi connectivity index (χ0n) is 11.7. The highest BCUT2D eigenvalue weighted by atomic mass is 16.5. The molecule has 0 N–H and O–H groups in total. The van der Waals surface area contributed by atoms with Crippen molar-refractivity contribution >= 4 is 5.78 Å². The van der Waals surface area contributed by atoms with Crippen LogP contribution in [0, 0.1) is 10.8 Å². The number of rotatable bonds is 4. The minimum atomic E-state index is -0.513. The zero-order chi connectivity index (χ0) is 13.3. The Morgan fingerprint density at radius 3 is 2.41 bits per heavy atom. The average Bonchev–Trinajstić information content (AvgIpc) is 2.47. The predicted octanol–water partition coefficient (Wildman–Crippen LogP) is 3.53. The first-order valence-corrected chi connectivity index (χ1v) is 6.16. The lowest BCUT2D eigenvalue weighted by Crippen LogP contribution is -2.45. The fourth-order valence-electron chi connectivity index (χ4n) is 3.09. The highest BCUT2D eigenvalue weighted by Gasteiger charge is 2.57. The molecule has 0 bridgehead atoms. The molecule has 1 aliphatic carbocycles. The molecule has 0 aromatic heterocycles. The molecule has 1 rings (SSSR count). The minimum absolute atomic E-state index is 0.0226. The highest BCUT2D eigenvalue weighted by Crippen LogP contribution is 2.55. The largest absolute Gasteiger partial charge is 0.380 e. The van der Waals surface area contributed by atoms with Crippen LogP contribution in [0.3, 0.4) is 0 Å². The SMILES string of the molecule is C=C(C)/C=C/[C@@]1(C(C)=O)[C@H](OC)CCC1(C)C. The summed E-state index contributed by atoms with van der Waals surface area (Å²) in [5.41, 5.74) is 0.384. The molecule has 0 aromatic rings. The van der Waals surface area contributed by atoms with Gasteiger partial charge in [0, 0.05) is 7.11 Å². The fraction of sp³-hybridized carbons (Fsp3) is 0.667. The van der Waals surface area contributed by atoms with Crippen LogP contribution in [0.5, 0.6) is 0 Å². The second-order valence-corrected chi connectivity index (χ2v) is 5.75. The van der Waals surface area contributed by atoms with Gasteiger partial charge >= 0.3 is 0 Å². The van der Waals surface area contributed by atoms with Gasteiger partial charge in [0.05, 0.1) is 11.5 Å². The van der Waals surface area contributed by atoms with Crippen molar-refractivity contribution in [3.63, 3.8) is 0 Å². The smallest absolute Gasteiger partial charge is 0.142 e. The number of allylic oxidation sites excluding steroid dienone is 2. The zero-order valence-corrected chi connectivity index (χ0v) is 11.7. The molecule has 0 aliphatic heterocycles. The van der Waals surface area contributed by atoms with E-state index in [1.165, 1.54) is 0 Å². The van der Waals surface area contributed by atoms with Crippen molar-refractivity contribution in [1.82, 2.24) is 0 Å². The van der Waals surface area contributed by atoms with Crippen LogP contribution >= 0.6 is 0 Å². The van der Waals surface area contributed by atoms with Crippen LogP contribution in [0.4, 0.5) is 0 Å². The number of ketones is 1. The van der Waals surface area contributed by atoms with E-state index >= 15 is 0 Å². The summed E-state index contributed by atoms with van der Waals surface area (Å²) in [5.74, 6) is 0.185. The molecule has 17 heavy (non-hydrogen) atoms. The molecule has 96 valence electrons. The molecule has 0 amide bonds. The van der Waals surface area contributed by atoms with Crippen molar-refractivity contribution in [3.8, 4) is 0 Å². The monoisotopic (exact) mass is 236 g/mol. The molecular weight excluding hydrogens is 212 g/mol. The first-order valence-electron chi connectivity index (χ1n) is 6.16. The summed E-state index contributed by atoms with van der Waals surface area (Å²) in [6, 6.07) is 0. The highest BCUT2D eigenvalue weighted by molar-refractivity contribution is 5.86. The van der Waals surface area contributed by atoms with Gasteiger partial charge in [0.15, 0.2) is 0 Å². The molecule has 1 aliphatic rings. The van der Waals surface area contributed by atoms with Crippen LogP contribution in [0.2, 0.25) is 0 Å². The number of methoxy groups -OCH3 is 1. The van der Waals surface area contributed by atoms with Gasteiger partial charge in [-0.3, -0.25) is 4.79 Å². The molecule has 0 saturated heterocycles. The number of ether oxygens (including phenoxy) is 1. The maximum atomic E-state index is 12.2. The van der Waals surface area contributed by atoms with Crippen LogP contribution in [-0.2, 0) is 9.53 Å². The Balaban J connectivity index is 3.28. The molecule has 0 heterocycles. The second kappa shape index (κ2) is 4.77. The lowest BCUT2D eigenvalue weighted by molar-refractivity contribution is -0.135. The van der Waals surface area contributed by atoms with Gasteiger partial charge in [-0.1, -0.05) is 38.2 Å². The van der Waals surface area contributed by atoms with Gasteiger partial charge in [-0.25, -0.2) is 0 Å². The van der Waals surface area contributed by atoms with Crippen LogP contribution in [0.1, 0.15) is 40.5 Å². The van der Waals surface area contributed by atoms with Gasteiger partial charge in [0.1, 0.15) is 5.78 Å². The van der Waals surface area contributed by atoms with Crippen molar-refractivity contribution in [2.45, 2.75) is 46.6 Å². The normalized spacial score (nSPS) is 31.9. The van der Waals surface area contributed by atoms with Crippen LogP contribution in [-0.4, -0.2) is 19.0 Å². The van der Waals surface area contributed by atoms with Gasteiger partial charge in [0.2, 0.25) is 0 Å². The first kappa shape index (κ1) is 14.2. The van der Waals surface area contributed by atoms with E-state index in [1.807, 2.05) is 19.1 Å². The Labute approximate surface area is 105 Å². The lowest BCUT2D eigenvalue weighted by atomic mass is 9.64. The van der Waals surface area contributed by atoms with Gasteiger partial charge in [-0.2, -0.15) is 0 Å². The minimum Gasteiger partial charge on any atom is -0.380 e. The Kier molecular flexibility index (Phi) is 3.98. The quantitative estimate of drug-likeness (QED) is 0.698. The summed E-state index contributed by atoms with van der Waals surface area (Å²) in [7, 11) is 1.69. The average molecular weight is 236 g/mol. The van der Waals surface area contributed by atoms with Gasteiger partial charge in [-0.15, -0.1) is 0 Å². The van der Waals surface area contributed by atoms with E-state index in [1.54, 1.807) is 14.0 Å². The van der Waals surface area contributed by atoms with Crippen LogP contribution in [0.15, 0.2) is 24.3 Å². The van der Waals surface area contributed by atoms with E-state index in [4.69, 9.17) is 4.74 Å². The Bertz CT molecular complexity index is 352. The Hall–Kier alpha value is -0.890. The number of carbonyl (C=O) groups excluding carboxylic acids is 1. The summed E-state index contributed by atoms with van der Waals surface area (Å²) in [6.07, 6.45) is 5.87. The number of carbonyl (C=O) groups is 1. The topological polar surface area (TPSA) is 26.3 Å². The predicted molar refractivity (Wildman–Crippen MR) is 70.9 cm³/mol. The third kappa shape index (κ3) is 2.23. The number of hydrogen-bond donors (Lipinski definition) is 0. The molecule has 0 spiro atoms. The summed E-state index contributed by atoms with van der Waals surface area (Å²) in [4.78, 5) is 12.2. The van der Waals surface area contributed by atoms with E-state index in [-0.39, 0.29) is 17.3 Å². The van der Waals surface area contributed by atoms with E-state index < -0.39 is 5.41 Å². The first-order chi connectivity index (χ1) is 7.78. The maximum absolute atomic E-state index is 12.2. The molecule has 2 atom stereocenters. The summed E-state index contributed by atoms with van der Waals surface area (Å²) in [5, 5.41) is 0. The number of hydrogen-bond acceptors (Lipinski definition) is 2. The molecule has 0 radical (unpaired) electrons. The van der Waals surface area contributed by atoms with Crippen molar-refractivity contribution in [2.75, 3.05) is 7.11 Å². The maximum Gasteiger partial charge on any atom is 0.142 e. The van der Waals surface area contributed by atoms with E-state index in [9.17, 15) is 4.79 Å². The van der Waals surface area contributed by atoms with Gasteiger partial charge in [0.25, 0.3) is 0 Å². The fourth-order valence-corrected chi connectivity index (χ4v) is 3.09. The van der Waals surface area contributed by atoms with Crippen LogP contribution in [0.25, 0.3) is 0 Å². The van der Waals surface area contributed by atoms with Gasteiger partial charge in [-0.05, 0) is 32.1 Å². The van der Waals surface area contributed by atoms with Gasteiger partial charge < -0.3 is 4.74 Å². The van der Waals surface area contributed by atoms with E-state index in [2.05, 4.69) is 20.4 Å². The number of Topliss-reactive ketones (excluding diaryl/α,β-unsaturated/α-hetero) is 1. The molecule has 0 unspecified atom stereocenters. The van der Waals surface area contributed by atoms with E-state index in [0.29, 0.717) is 0 Å². The summed E-state index contributed by atoms with van der Waals surface area (Å²) < 4.78 is 5.55. The summed E-state index contributed by atoms with van der Waals surface area (Å²) >= 11 is 0. The van der Waals surface area contributed by atoms with Crippen molar-refractivity contribution in [3.05, 3.63) is 24.3 Å². The Morgan fingerprint density at radius 1 is 1.41 bits per heavy atom. The standard InChI is InChI=1S/C15H24O2/c1-11(2)7-10-15(12(3)16)13(17-6)8-9-14(15,4)5/h7,10,13H,1,8-9H2,2-6H3/b10-7+/t13-,15-/m1/s1. The van der Waals surface area contributed by atoms with Crippen LogP contribution < -0.4 is 0 Å². The third-order valence-electron chi connectivity index (χ3n) is 4.16. The van der Waals surface area contributed by atoms with Crippen molar-refractivity contribution in [2.24, 2.45) is 10.8 Å². The molecule has 2 nitrogen and oxygen atoms in total. The molecule has 1 saturated carbocycles. The summed E-state index contributed by atoms with van der Waals surface area (Å²) in [6.45, 7) is 11.8. The molecule has 1 fully saturated rings. The Morgan fingerprint density at radius 2 is 2.00 bits per heavy atom. The lowest BCUT2D eigenvalue weighted by Gasteiger charge is -2.40.